The van der Waals surface area contributed by atoms with E-state index in [2.05, 4.69) is 15.0 Å². The Hall–Kier alpha value is -3.13. The highest BCUT2D eigenvalue weighted by molar-refractivity contribution is 7.93. The third-order valence-electron chi connectivity index (χ3n) is 3.86. The maximum Gasteiger partial charge on any atom is 0.264 e. The number of methoxy groups -OCH3 is 1. The second-order valence-corrected chi connectivity index (χ2v) is 7.69. The van der Waals surface area contributed by atoms with Crippen molar-refractivity contribution >= 4 is 38.2 Å². The lowest BCUT2D eigenvalue weighted by Crippen LogP contribution is -2.15. The first kappa shape index (κ1) is 18.7. The molecule has 0 atom stereocenters. The van der Waals surface area contributed by atoms with Crippen LogP contribution in [0.2, 0.25) is 0 Å². The fourth-order valence-electron chi connectivity index (χ4n) is 2.73. The number of benzene rings is 2. The van der Waals surface area contributed by atoms with Gasteiger partial charge >= 0.3 is 0 Å². The molecule has 3 aromatic rings. The number of aryl methyl sites for hydroxylation is 1. The number of ether oxygens (including phenoxy) is 1. The van der Waals surface area contributed by atoms with Crippen molar-refractivity contribution in [2.75, 3.05) is 17.1 Å². The van der Waals surface area contributed by atoms with Crippen LogP contribution in [0.5, 0.6) is 5.75 Å². The summed E-state index contributed by atoms with van der Waals surface area (Å²) in [7, 11) is -2.50. The smallest absolute Gasteiger partial charge is 0.264 e. The fourth-order valence-corrected chi connectivity index (χ4v) is 3.97. The van der Waals surface area contributed by atoms with Gasteiger partial charge in [0.15, 0.2) is 0 Å². The lowest BCUT2D eigenvalue weighted by atomic mass is 10.2. The van der Waals surface area contributed by atoms with Crippen molar-refractivity contribution in [1.29, 1.82) is 0 Å². The molecular weight excluding hydrogens is 366 g/mol. The average Bonchev–Trinajstić information content (AvgIpc) is 2.60. The summed E-state index contributed by atoms with van der Waals surface area (Å²) < 4.78 is 33.8. The molecule has 7 nitrogen and oxygen atoms in total. The molecule has 8 heteroatoms. The Morgan fingerprint density at radius 3 is 2.63 bits per heavy atom. The van der Waals surface area contributed by atoms with E-state index in [1.807, 2.05) is 19.1 Å². The second kappa shape index (κ2) is 7.24. The highest BCUT2D eigenvalue weighted by atomic mass is 32.2. The first-order valence-corrected chi connectivity index (χ1v) is 9.62. The number of nitrogens with zero attached hydrogens (tertiary/aromatic N) is 1. The molecule has 1 aromatic heterocycles. The molecule has 0 saturated carbocycles. The van der Waals surface area contributed by atoms with Crippen LogP contribution in [0.15, 0.2) is 53.6 Å². The summed E-state index contributed by atoms with van der Waals surface area (Å²) in [6, 6.07) is 11.6. The van der Waals surface area contributed by atoms with E-state index in [0.717, 1.165) is 10.9 Å². The molecule has 27 heavy (non-hydrogen) atoms. The predicted molar refractivity (Wildman–Crippen MR) is 105 cm³/mol. The number of sulfonamides is 1. The van der Waals surface area contributed by atoms with Crippen molar-refractivity contribution in [1.82, 2.24) is 4.98 Å². The number of hydrogen-bond acceptors (Lipinski definition) is 5. The monoisotopic (exact) mass is 385 g/mol. The number of carbonyl (C=O) groups excluding carboxylic acids is 1. The Kier molecular flexibility index (Phi) is 5.00. The second-order valence-electron chi connectivity index (χ2n) is 6.04. The number of carbonyl (C=O) groups is 1. The lowest BCUT2D eigenvalue weighted by Gasteiger charge is -2.14. The summed E-state index contributed by atoms with van der Waals surface area (Å²) in [4.78, 5) is 15.6. The van der Waals surface area contributed by atoms with Crippen molar-refractivity contribution in [2.24, 2.45) is 0 Å². The van der Waals surface area contributed by atoms with Gasteiger partial charge in [-0.25, -0.2) is 8.42 Å². The van der Waals surface area contributed by atoms with Gasteiger partial charge in [0.2, 0.25) is 5.91 Å². The topological polar surface area (TPSA) is 97.4 Å². The predicted octanol–water partition coefficient (Wildman–Crippen LogP) is 3.31. The number of fused-ring (bicyclic) bond motifs is 1. The molecule has 0 aliphatic heterocycles. The minimum Gasteiger partial charge on any atom is -0.495 e. The molecule has 0 saturated heterocycles. The van der Waals surface area contributed by atoms with Crippen molar-refractivity contribution < 1.29 is 17.9 Å². The number of aromatic nitrogens is 1. The molecule has 2 N–H and O–H groups in total. The third kappa shape index (κ3) is 4.01. The Bertz CT molecular complexity index is 1130. The SMILES string of the molecule is COc1ccc(NC(C)=O)cc1NS(=O)(=O)c1cccc2cc(C)cnc12. The number of rotatable bonds is 5. The first-order chi connectivity index (χ1) is 12.8. The van der Waals surface area contributed by atoms with Gasteiger partial charge in [-0.15, -0.1) is 0 Å². The number of hydrogen-bond donors (Lipinski definition) is 2. The van der Waals surface area contributed by atoms with Gasteiger partial charge in [0.05, 0.1) is 18.3 Å². The number of para-hydroxylation sites is 1. The van der Waals surface area contributed by atoms with E-state index in [0.29, 0.717) is 17.0 Å². The van der Waals surface area contributed by atoms with Gasteiger partial charge in [0.1, 0.15) is 10.6 Å². The molecule has 1 amide bonds. The van der Waals surface area contributed by atoms with Crippen LogP contribution < -0.4 is 14.8 Å². The zero-order valence-electron chi connectivity index (χ0n) is 15.1. The summed E-state index contributed by atoms with van der Waals surface area (Å²) in [5.74, 6) is 0.0688. The van der Waals surface area contributed by atoms with E-state index >= 15 is 0 Å². The van der Waals surface area contributed by atoms with Crippen LogP contribution in [0.1, 0.15) is 12.5 Å². The van der Waals surface area contributed by atoms with Gasteiger partial charge in [-0.3, -0.25) is 14.5 Å². The summed E-state index contributed by atoms with van der Waals surface area (Å²) >= 11 is 0. The molecule has 140 valence electrons. The van der Waals surface area contributed by atoms with E-state index in [-0.39, 0.29) is 16.5 Å². The maximum atomic E-state index is 13.0. The first-order valence-electron chi connectivity index (χ1n) is 8.14. The highest BCUT2D eigenvalue weighted by Crippen LogP contribution is 2.31. The number of pyridine rings is 1. The van der Waals surface area contributed by atoms with Crippen LogP contribution >= 0.6 is 0 Å². The molecule has 0 spiro atoms. The molecule has 0 aliphatic carbocycles. The van der Waals surface area contributed by atoms with Crippen molar-refractivity contribution in [3.05, 3.63) is 54.2 Å². The molecule has 0 radical (unpaired) electrons. The van der Waals surface area contributed by atoms with Crippen LogP contribution in [0.25, 0.3) is 10.9 Å². The normalized spacial score (nSPS) is 11.2. The van der Waals surface area contributed by atoms with Crippen LogP contribution in [0, 0.1) is 6.92 Å². The molecule has 2 aromatic carbocycles. The molecule has 0 bridgehead atoms. The minimum absolute atomic E-state index is 0.0620. The van der Waals surface area contributed by atoms with E-state index in [4.69, 9.17) is 4.74 Å². The maximum absolute atomic E-state index is 13.0. The van der Waals surface area contributed by atoms with E-state index in [1.54, 1.807) is 24.4 Å². The summed E-state index contributed by atoms with van der Waals surface area (Å²) in [5, 5.41) is 3.35. The van der Waals surface area contributed by atoms with E-state index in [9.17, 15) is 13.2 Å². The van der Waals surface area contributed by atoms with E-state index in [1.165, 1.54) is 26.2 Å². The van der Waals surface area contributed by atoms with Gasteiger partial charge in [-0.1, -0.05) is 12.1 Å². The van der Waals surface area contributed by atoms with Crippen LogP contribution in [-0.2, 0) is 14.8 Å². The van der Waals surface area contributed by atoms with Gasteiger partial charge in [0.25, 0.3) is 10.0 Å². The third-order valence-corrected chi connectivity index (χ3v) is 5.26. The average molecular weight is 385 g/mol. The fraction of sp³-hybridized carbons (Fsp3) is 0.158. The van der Waals surface area contributed by atoms with Crippen LogP contribution in [0.4, 0.5) is 11.4 Å². The summed E-state index contributed by atoms with van der Waals surface area (Å²) in [5.41, 5.74) is 1.99. The van der Waals surface area contributed by atoms with Gasteiger partial charge in [0, 0.05) is 24.2 Å². The van der Waals surface area contributed by atoms with Crippen LogP contribution in [-0.4, -0.2) is 26.4 Å². The van der Waals surface area contributed by atoms with Gasteiger partial charge in [-0.05, 0) is 42.8 Å². The van der Waals surface area contributed by atoms with Crippen molar-refractivity contribution in [3.8, 4) is 5.75 Å². The Morgan fingerprint density at radius 1 is 1.15 bits per heavy atom. The van der Waals surface area contributed by atoms with Crippen molar-refractivity contribution in [2.45, 2.75) is 18.7 Å². The van der Waals surface area contributed by atoms with Crippen molar-refractivity contribution in [3.63, 3.8) is 0 Å². The molecule has 0 unspecified atom stereocenters. The largest absolute Gasteiger partial charge is 0.495 e. The standard InChI is InChI=1S/C19H19N3O4S/c1-12-9-14-5-4-6-18(19(14)20-11-12)27(24,25)22-16-10-15(21-13(2)23)7-8-17(16)26-3/h4-11,22H,1-3H3,(H,21,23). The summed E-state index contributed by atoms with van der Waals surface area (Å²) in [6.45, 7) is 3.27. The quantitative estimate of drug-likeness (QED) is 0.702. The Morgan fingerprint density at radius 2 is 1.93 bits per heavy atom. The highest BCUT2D eigenvalue weighted by Gasteiger charge is 2.20. The molecule has 0 aliphatic rings. The zero-order valence-corrected chi connectivity index (χ0v) is 15.9. The van der Waals surface area contributed by atoms with Crippen LogP contribution in [0.3, 0.4) is 0 Å². The Labute approximate surface area is 157 Å². The lowest BCUT2D eigenvalue weighted by molar-refractivity contribution is -0.114. The molecule has 3 rings (SSSR count). The number of amides is 1. The molecular formula is C19H19N3O4S. The number of anilines is 2. The van der Waals surface area contributed by atoms with Gasteiger partial charge < -0.3 is 10.1 Å². The van der Waals surface area contributed by atoms with E-state index < -0.39 is 10.0 Å². The van der Waals surface area contributed by atoms with Gasteiger partial charge in [-0.2, -0.15) is 0 Å². The Balaban J connectivity index is 2.06. The number of nitrogens with one attached hydrogen (secondary N) is 2. The molecule has 1 heterocycles. The zero-order chi connectivity index (χ0) is 19.6. The molecule has 0 fully saturated rings. The minimum atomic E-state index is -3.94. The summed E-state index contributed by atoms with van der Waals surface area (Å²) in [6.07, 6.45) is 1.62.